The summed E-state index contributed by atoms with van der Waals surface area (Å²) in [5, 5.41) is 0. The lowest BCUT2D eigenvalue weighted by atomic mass is 9.65. The van der Waals surface area contributed by atoms with Crippen molar-refractivity contribution >= 4 is 7.12 Å². The van der Waals surface area contributed by atoms with Crippen molar-refractivity contribution in [3.8, 4) is 0 Å². The third-order valence-electron chi connectivity index (χ3n) is 3.65. The molecule has 0 N–H and O–H groups in total. The minimum atomic E-state index is 0.104. The predicted molar refractivity (Wildman–Crippen MR) is 67.5 cm³/mol. The van der Waals surface area contributed by atoms with Gasteiger partial charge >= 0.3 is 7.12 Å². The molecule has 16 heavy (non-hydrogen) atoms. The van der Waals surface area contributed by atoms with Crippen molar-refractivity contribution in [2.75, 3.05) is 6.61 Å². The van der Waals surface area contributed by atoms with Crippen molar-refractivity contribution in [3.63, 3.8) is 0 Å². The van der Waals surface area contributed by atoms with E-state index in [0.29, 0.717) is 17.3 Å². The summed E-state index contributed by atoms with van der Waals surface area (Å²) in [5.74, 6) is 0.665. The van der Waals surface area contributed by atoms with E-state index in [1.54, 1.807) is 0 Å². The average molecular weight is 224 g/mol. The van der Waals surface area contributed by atoms with Gasteiger partial charge in [0.1, 0.15) is 0 Å². The van der Waals surface area contributed by atoms with Crippen LogP contribution >= 0.6 is 0 Å². The van der Waals surface area contributed by atoms with Crippen LogP contribution in [0.25, 0.3) is 0 Å². The highest BCUT2D eigenvalue weighted by Crippen LogP contribution is 2.36. The molecule has 1 saturated carbocycles. The minimum absolute atomic E-state index is 0.104. The first-order chi connectivity index (χ1) is 7.54. The molecular weight excluding hydrogens is 199 g/mol. The zero-order valence-electron chi connectivity index (χ0n) is 11.0. The lowest BCUT2D eigenvalue weighted by Gasteiger charge is -2.24. The van der Waals surface area contributed by atoms with E-state index in [1.165, 1.54) is 32.1 Å². The fraction of sp³-hybridized carbons (Fsp3) is 1.00. The summed E-state index contributed by atoms with van der Waals surface area (Å²) in [6.45, 7) is 7.61. The fourth-order valence-corrected chi connectivity index (χ4v) is 2.91. The lowest BCUT2D eigenvalue weighted by Crippen LogP contribution is -2.26. The van der Waals surface area contributed by atoms with Gasteiger partial charge in [0.15, 0.2) is 0 Å². The van der Waals surface area contributed by atoms with Gasteiger partial charge in [-0.2, -0.15) is 0 Å². The number of hydrogen-bond donors (Lipinski definition) is 0. The molecule has 1 atom stereocenters. The molecular formula is C13H25BO2. The van der Waals surface area contributed by atoms with E-state index in [-0.39, 0.29) is 7.12 Å². The van der Waals surface area contributed by atoms with Crippen LogP contribution < -0.4 is 0 Å². The van der Waals surface area contributed by atoms with E-state index < -0.39 is 0 Å². The second-order valence-corrected chi connectivity index (χ2v) is 6.62. The highest BCUT2D eigenvalue weighted by atomic mass is 16.6. The predicted octanol–water partition coefficient (Wildman–Crippen LogP) is 3.66. The van der Waals surface area contributed by atoms with Gasteiger partial charge in [0.25, 0.3) is 0 Å². The van der Waals surface area contributed by atoms with E-state index in [2.05, 4.69) is 20.8 Å². The Morgan fingerprint density at radius 1 is 1.12 bits per heavy atom. The van der Waals surface area contributed by atoms with E-state index in [1.807, 2.05) is 0 Å². The van der Waals surface area contributed by atoms with Crippen molar-refractivity contribution in [2.45, 2.75) is 71.2 Å². The van der Waals surface area contributed by atoms with Gasteiger partial charge < -0.3 is 9.31 Å². The molecule has 2 rings (SSSR count). The minimum Gasteiger partial charge on any atom is -0.408 e. The molecule has 2 fully saturated rings. The molecule has 2 aliphatic rings. The Bertz CT molecular complexity index is 218. The van der Waals surface area contributed by atoms with Gasteiger partial charge in [0.2, 0.25) is 0 Å². The number of hydrogen-bond acceptors (Lipinski definition) is 2. The number of rotatable bonds is 2. The first-order valence-corrected chi connectivity index (χ1v) is 6.82. The average Bonchev–Trinajstić information content (AvgIpc) is 2.65. The third-order valence-corrected chi connectivity index (χ3v) is 3.65. The van der Waals surface area contributed by atoms with Crippen LogP contribution in [0.1, 0.15) is 59.3 Å². The van der Waals surface area contributed by atoms with Gasteiger partial charge in [-0.05, 0) is 17.7 Å². The van der Waals surface area contributed by atoms with Gasteiger partial charge in [-0.15, -0.1) is 0 Å². The van der Waals surface area contributed by atoms with Crippen LogP contribution in [0, 0.1) is 5.41 Å². The first kappa shape index (κ1) is 12.4. The van der Waals surface area contributed by atoms with Crippen LogP contribution in [0.3, 0.4) is 0 Å². The Kier molecular flexibility index (Phi) is 3.96. The molecule has 0 aromatic heterocycles. The molecule has 0 bridgehead atoms. The summed E-state index contributed by atoms with van der Waals surface area (Å²) in [6, 6.07) is 0. The lowest BCUT2D eigenvalue weighted by molar-refractivity contribution is 0.163. The third kappa shape index (κ3) is 3.49. The van der Waals surface area contributed by atoms with Crippen LogP contribution in [0.5, 0.6) is 0 Å². The molecule has 0 radical (unpaired) electrons. The smallest absolute Gasteiger partial charge is 0.408 e. The molecule has 0 amide bonds. The Hall–Kier alpha value is -0.0151. The second-order valence-electron chi connectivity index (χ2n) is 6.62. The van der Waals surface area contributed by atoms with Gasteiger partial charge in [-0.1, -0.05) is 52.9 Å². The van der Waals surface area contributed by atoms with Gasteiger partial charge in [0.05, 0.1) is 12.7 Å². The maximum Gasteiger partial charge on any atom is 0.460 e. The summed E-state index contributed by atoms with van der Waals surface area (Å²) in [6.07, 6.45) is 8.15. The fourth-order valence-electron chi connectivity index (χ4n) is 2.91. The monoisotopic (exact) mass is 224 g/mol. The van der Waals surface area contributed by atoms with Crippen molar-refractivity contribution in [1.29, 1.82) is 0 Å². The molecule has 1 heterocycles. The van der Waals surface area contributed by atoms with E-state index in [0.717, 1.165) is 13.0 Å². The normalized spacial score (nSPS) is 28.7. The van der Waals surface area contributed by atoms with Crippen LogP contribution in [0.2, 0.25) is 5.82 Å². The van der Waals surface area contributed by atoms with Crippen LogP contribution in [-0.2, 0) is 9.31 Å². The second kappa shape index (κ2) is 5.09. The largest absolute Gasteiger partial charge is 0.460 e. The highest BCUT2D eigenvalue weighted by molar-refractivity contribution is 6.47. The van der Waals surface area contributed by atoms with Crippen molar-refractivity contribution in [1.82, 2.24) is 0 Å². The topological polar surface area (TPSA) is 18.5 Å². The Morgan fingerprint density at radius 2 is 1.81 bits per heavy atom. The molecule has 3 heteroatoms. The molecule has 1 unspecified atom stereocenters. The quantitative estimate of drug-likeness (QED) is 0.666. The van der Waals surface area contributed by atoms with Crippen molar-refractivity contribution < 1.29 is 9.31 Å². The molecule has 0 aromatic carbocycles. The summed E-state index contributed by atoms with van der Waals surface area (Å²) in [7, 11) is 0.104. The van der Waals surface area contributed by atoms with E-state index in [9.17, 15) is 0 Å². The van der Waals surface area contributed by atoms with Crippen LogP contribution in [-0.4, -0.2) is 19.8 Å². The molecule has 1 aliphatic carbocycles. The van der Waals surface area contributed by atoms with E-state index in [4.69, 9.17) is 9.31 Å². The van der Waals surface area contributed by atoms with Crippen LogP contribution in [0.15, 0.2) is 0 Å². The molecule has 0 aromatic rings. The summed E-state index contributed by atoms with van der Waals surface area (Å²) in [5.41, 5.74) is 0.343. The first-order valence-electron chi connectivity index (χ1n) is 6.82. The molecule has 2 nitrogen and oxygen atoms in total. The van der Waals surface area contributed by atoms with Gasteiger partial charge in [-0.25, -0.2) is 0 Å². The molecule has 92 valence electrons. The summed E-state index contributed by atoms with van der Waals surface area (Å²) < 4.78 is 11.9. The molecule has 1 saturated heterocycles. The Balaban J connectivity index is 1.78. The van der Waals surface area contributed by atoms with Crippen LogP contribution in [0.4, 0.5) is 0 Å². The SMILES string of the molecule is CC(C)(C)CC1COB(C2CCCCC2)O1. The highest BCUT2D eigenvalue weighted by Gasteiger charge is 2.39. The van der Waals surface area contributed by atoms with Crippen molar-refractivity contribution in [2.24, 2.45) is 5.41 Å². The maximum absolute atomic E-state index is 6.05. The zero-order chi connectivity index (χ0) is 11.6. The van der Waals surface area contributed by atoms with Gasteiger partial charge in [-0.3, -0.25) is 0 Å². The van der Waals surface area contributed by atoms with Crippen molar-refractivity contribution in [3.05, 3.63) is 0 Å². The maximum atomic E-state index is 6.05. The molecule has 1 aliphatic heterocycles. The Morgan fingerprint density at radius 3 is 2.44 bits per heavy atom. The summed E-state index contributed by atoms with van der Waals surface area (Å²) in [4.78, 5) is 0. The zero-order valence-corrected chi connectivity index (χ0v) is 11.0. The standard InChI is InChI=1S/C13H25BO2/c1-13(2,3)9-12-10-15-14(16-12)11-7-5-4-6-8-11/h11-12H,4-10H2,1-3H3. The van der Waals surface area contributed by atoms with Gasteiger partial charge in [0, 0.05) is 0 Å². The Labute approximate surface area is 100 Å². The molecule has 0 spiro atoms. The van der Waals surface area contributed by atoms with E-state index >= 15 is 0 Å². The summed E-state index contributed by atoms with van der Waals surface area (Å²) >= 11 is 0.